The normalized spacial score (nSPS) is 10.8. The molecule has 0 fully saturated rings. The molecule has 2 N–H and O–H groups in total. The number of anilines is 1. The summed E-state index contributed by atoms with van der Waals surface area (Å²) in [5.41, 5.74) is 3.44. The molecule has 0 unspecified atom stereocenters. The maximum atomic E-state index is 12.3. The van der Waals surface area contributed by atoms with Crippen LogP contribution in [0.2, 0.25) is 0 Å². The molecule has 0 spiro atoms. The van der Waals surface area contributed by atoms with Crippen LogP contribution >= 0.6 is 0 Å². The molecule has 0 saturated carbocycles. The second-order valence-corrected chi connectivity index (χ2v) is 6.98. The molecule has 2 aromatic carbocycles. The van der Waals surface area contributed by atoms with Crippen molar-refractivity contribution in [2.24, 2.45) is 0 Å². The molecule has 3 rings (SSSR count). The average molecular weight is 435 g/mol. The molecule has 32 heavy (non-hydrogen) atoms. The Morgan fingerprint density at radius 1 is 1.12 bits per heavy atom. The van der Waals surface area contributed by atoms with Crippen molar-refractivity contribution in [3.8, 4) is 11.5 Å². The van der Waals surface area contributed by atoms with E-state index in [9.17, 15) is 9.59 Å². The number of ether oxygens (including phenoxy) is 2. The van der Waals surface area contributed by atoms with Gasteiger partial charge in [-0.2, -0.15) is 0 Å². The first-order valence-corrected chi connectivity index (χ1v) is 9.95. The lowest BCUT2D eigenvalue weighted by molar-refractivity contribution is -0.111. The molecular weight excluding hydrogens is 410 g/mol. The molecule has 0 saturated heterocycles. The van der Waals surface area contributed by atoms with Crippen LogP contribution < -0.4 is 20.1 Å². The number of benzene rings is 2. The molecule has 8 nitrogen and oxygen atoms in total. The first-order valence-electron chi connectivity index (χ1n) is 9.95. The standard InChI is InChI=1S/C24H25N3O5/c1-15-20(16(2)32-27-15)14-31-21-10-8-17(12-22(21)30-4)9-11-23(28)26-19-7-5-6-18(13-19)24(29)25-3/h5-13H,14H2,1-4H3,(H,25,29)(H,26,28)/b11-9+. The summed E-state index contributed by atoms with van der Waals surface area (Å²) < 4.78 is 16.5. The molecule has 0 aliphatic heterocycles. The number of methoxy groups -OCH3 is 1. The third-order valence-electron chi connectivity index (χ3n) is 4.79. The predicted molar refractivity (Wildman–Crippen MR) is 121 cm³/mol. The fourth-order valence-electron chi connectivity index (χ4n) is 3.00. The van der Waals surface area contributed by atoms with Gasteiger partial charge in [0, 0.05) is 24.4 Å². The summed E-state index contributed by atoms with van der Waals surface area (Å²) in [6, 6.07) is 12.1. The van der Waals surface area contributed by atoms with Crippen LogP contribution in [-0.2, 0) is 11.4 Å². The highest BCUT2D eigenvalue weighted by Crippen LogP contribution is 2.30. The lowest BCUT2D eigenvalue weighted by Crippen LogP contribution is -2.18. The zero-order valence-corrected chi connectivity index (χ0v) is 18.4. The highest BCUT2D eigenvalue weighted by Gasteiger charge is 2.12. The van der Waals surface area contributed by atoms with E-state index in [-0.39, 0.29) is 11.8 Å². The molecule has 0 aliphatic rings. The van der Waals surface area contributed by atoms with Crippen molar-refractivity contribution in [1.82, 2.24) is 10.5 Å². The fraction of sp³-hybridized carbons (Fsp3) is 0.208. The quantitative estimate of drug-likeness (QED) is 0.521. The molecule has 0 radical (unpaired) electrons. The summed E-state index contributed by atoms with van der Waals surface area (Å²) in [5.74, 6) is 1.28. The summed E-state index contributed by atoms with van der Waals surface area (Å²) in [6.07, 6.45) is 3.07. The highest BCUT2D eigenvalue weighted by atomic mass is 16.5. The number of nitrogens with zero attached hydrogens (tertiary/aromatic N) is 1. The topological polar surface area (TPSA) is 103 Å². The van der Waals surface area contributed by atoms with Crippen LogP contribution in [-0.4, -0.2) is 31.1 Å². The molecular formula is C24H25N3O5. The SMILES string of the molecule is CNC(=O)c1cccc(NC(=O)/C=C/c2ccc(OCc3c(C)noc3C)c(OC)c2)c1. The number of carbonyl (C=O) groups is 2. The number of nitrogens with one attached hydrogen (secondary N) is 2. The smallest absolute Gasteiger partial charge is 0.251 e. The third kappa shape index (κ3) is 5.54. The molecule has 0 atom stereocenters. The number of aryl methyl sites for hydroxylation is 2. The molecule has 1 heterocycles. The van der Waals surface area contributed by atoms with Crippen molar-refractivity contribution < 1.29 is 23.6 Å². The Kier molecular flexibility index (Phi) is 7.28. The van der Waals surface area contributed by atoms with Crippen molar-refractivity contribution >= 4 is 23.6 Å². The Labute approximate surface area is 186 Å². The molecule has 1 aromatic heterocycles. The second kappa shape index (κ2) is 10.3. The first-order chi connectivity index (χ1) is 15.4. The van der Waals surface area contributed by atoms with E-state index in [4.69, 9.17) is 14.0 Å². The monoisotopic (exact) mass is 435 g/mol. The lowest BCUT2D eigenvalue weighted by atomic mass is 10.1. The van der Waals surface area contributed by atoms with E-state index >= 15 is 0 Å². The van der Waals surface area contributed by atoms with Crippen LogP contribution in [0.4, 0.5) is 5.69 Å². The molecule has 8 heteroatoms. The summed E-state index contributed by atoms with van der Waals surface area (Å²) >= 11 is 0. The fourth-order valence-corrected chi connectivity index (χ4v) is 3.00. The van der Waals surface area contributed by atoms with Crippen LogP contribution in [0.15, 0.2) is 53.1 Å². The number of hydrogen-bond acceptors (Lipinski definition) is 6. The third-order valence-corrected chi connectivity index (χ3v) is 4.79. The molecule has 3 aromatic rings. The Bertz CT molecular complexity index is 1130. The summed E-state index contributed by atoms with van der Waals surface area (Å²) in [7, 11) is 3.11. The van der Waals surface area contributed by atoms with Crippen LogP contribution in [0.25, 0.3) is 6.08 Å². The lowest BCUT2D eigenvalue weighted by Gasteiger charge is -2.11. The van der Waals surface area contributed by atoms with E-state index in [0.717, 1.165) is 16.8 Å². The van der Waals surface area contributed by atoms with Gasteiger partial charge in [-0.3, -0.25) is 9.59 Å². The maximum absolute atomic E-state index is 12.3. The van der Waals surface area contributed by atoms with E-state index in [2.05, 4.69) is 15.8 Å². The van der Waals surface area contributed by atoms with Crippen molar-refractivity contribution in [2.45, 2.75) is 20.5 Å². The van der Waals surface area contributed by atoms with Gasteiger partial charge in [-0.15, -0.1) is 0 Å². The minimum absolute atomic E-state index is 0.222. The predicted octanol–water partition coefficient (Wildman–Crippen LogP) is 3.89. The summed E-state index contributed by atoms with van der Waals surface area (Å²) in [4.78, 5) is 24.0. The highest BCUT2D eigenvalue weighted by molar-refractivity contribution is 6.03. The van der Waals surface area contributed by atoms with E-state index < -0.39 is 0 Å². The number of hydrogen-bond donors (Lipinski definition) is 2. The van der Waals surface area contributed by atoms with E-state index in [1.54, 1.807) is 56.6 Å². The number of rotatable bonds is 8. The van der Waals surface area contributed by atoms with Crippen molar-refractivity contribution in [1.29, 1.82) is 0 Å². The Morgan fingerprint density at radius 3 is 2.62 bits per heavy atom. The van der Waals surface area contributed by atoms with Gasteiger partial charge in [0.2, 0.25) is 5.91 Å². The summed E-state index contributed by atoms with van der Waals surface area (Å²) in [5, 5.41) is 9.21. The molecule has 166 valence electrons. The van der Waals surface area contributed by atoms with E-state index in [1.807, 2.05) is 19.9 Å². The van der Waals surface area contributed by atoms with Gasteiger partial charge in [-0.25, -0.2) is 0 Å². The molecule has 0 aliphatic carbocycles. The minimum Gasteiger partial charge on any atom is -0.493 e. The minimum atomic E-state index is -0.322. The van der Waals surface area contributed by atoms with Gasteiger partial charge in [-0.1, -0.05) is 17.3 Å². The van der Waals surface area contributed by atoms with E-state index in [0.29, 0.717) is 35.1 Å². The zero-order chi connectivity index (χ0) is 23.1. The van der Waals surface area contributed by atoms with Crippen molar-refractivity contribution in [3.63, 3.8) is 0 Å². The largest absolute Gasteiger partial charge is 0.493 e. The second-order valence-electron chi connectivity index (χ2n) is 6.98. The van der Waals surface area contributed by atoms with E-state index in [1.165, 1.54) is 6.08 Å². The number of carbonyl (C=O) groups excluding carboxylic acids is 2. The van der Waals surface area contributed by atoms with Crippen LogP contribution in [0.3, 0.4) is 0 Å². The first kappa shape index (κ1) is 22.6. The van der Waals surface area contributed by atoms with Gasteiger partial charge < -0.3 is 24.6 Å². The Hall–Kier alpha value is -4.07. The molecule has 0 bridgehead atoms. The maximum Gasteiger partial charge on any atom is 0.251 e. The Balaban J connectivity index is 1.65. The summed E-state index contributed by atoms with van der Waals surface area (Å²) in [6.45, 7) is 4.01. The van der Waals surface area contributed by atoms with Gasteiger partial charge in [0.25, 0.3) is 5.91 Å². The van der Waals surface area contributed by atoms with Gasteiger partial charge in [0.15, 0.2) is 11.5 Å². The van der Waals surface area contributed by atoms with Crippen molar-refractivity contribution in [2.75, 3.05) is 19.5 Å². The van der Waals surface area contributed by atoms with Gasteiger partial charge in [0.1, 0.15) is 12.4 Å². The van der Waals surface area contributed by atoms with Crippen LogP contribution in [0.5, 0.6) is 11.5 Å². The molecule has 2 amide bonds. The van der Waals surface area contributed by atoms with Crippen LogP contribution in [0.1, 0.15) is 32.9 Å². The van der Waals surface area contributed by atoms with Crippen LogP contribution in [0, 0.1) is 13.8 Å². The average Bonchev–Trinajstić information content (AvgIpc) is 3.13. The number of amides is 2. The van der Waals surface area contributed by atoms with Gasteiger partial charge in [-0.05, 0) is 55.8 Å². The van der Waals surface area contributed by atoms with Gasteiger partial charge in [0.05, 0.1) is 18.4 Å². The number of aromatic nitrogens is 1. The Morgan fingerprint density at radius 2 is 1.94 bits per heavy atom. The zero-order valence-electron chi connectivity index (χ0n) is 18.4. The van der Waals surface area contributed by atoms with Crippen molar-refractivity contribution in [3.05, 3.63) is 76.7 Å². The van der Waals surface area contributed by atoms with Gasteiger partial charge >= 0.3 is 0 Å².